The Labute approximate surface area is 430 Å². The Kier molecular flexibility index (Phi) is 16.9. The van der Waals surface area contributed by atoms with Crippen LogP contribution in [0.15, 0.2) is 78.9 Å². The lowest BCUT2D eigenvalue weighted by Gasteiger charge is -2.36. The number of methoxy groups -OCH3 is 1. The number of benzene rings is 4. The fourth-order valence-corrected chi connectivity index (χ4v) is 11.4. The standard InChI is InChI=1S/C56H66ClFN6O9/c1-70-48-21-12-37(31-47(48)64-28-25-50(65)62-56(64)69)55(68)63-26-23-41(24-27-63)73-40-17-9-35(10-18-40)54(67)61-39-15-13-38(14-16-39)60-32-45(34-6-3-2-4-7-34)36-11-20-46(57)44(30-36)51-43(53(59)66)19-22-49(52(51)58)72-33-42-8-5-29-71-42/h2-4,6-7,11-12,19-22,30-31,35,38-42,45,60H,5,8-10,13-18,23-29,32-33H2,1H3,(H2,59,66)(H,61,67)(H,62,65,69)/t35?,38?,39?,40?,42-,45?/m0/s1. The summed E-state index contributed by atoms with van der Waals surface area (Å²) in [7, 11) is 1.50. The molecule has 4 aromatic carbocycles. The molecule has 5 aliphatic rings. The number of nitrogens with zero attached hydrogens (tertiary/aromatic N) is 2. The molecule has 15 nitrogen and oxygen atoms in total. The number of imide groups is 1. The van der Waals surface area contributed by atoms with Crippen LogP contribution in [0.4, 0.5) is 14.9 Å². The summed E-state index contributed by atoms with van der Waals surface area (Å²) >= 11 is 6.80. The zero-order valence-electron chi connectivity index (χ0n) is 41.4. The fourth-order valence-electron chi connectivity index (χ4n) is 11.1. The number of ether oxygens (including phenoxy) is 4. The molecule has 5 N–H and O–H groups in total. The van der Waals surface area contributed by atoms with Crippen LogP contribution in [-0.2, 0) is 19.1 Å². The van der Waals surface area contributed by atoms with Gasteiger partial charge in [-0.05, 0) is 131 Å². The lowest BCUT2D eigenvalue weighted by molar-refractivity contribution is -0.128. The largest absolute Gasteiger partial charge is 0.495 e. The van der Waals surface area contributed by atoms with Gasteiger partial charge in [-0.3, -0.25) is 29.4 Å². The Morgan fingerprint density at radius 1 is 0.836 bits per heavy atom. The van der Waals surface area contributed by atoms with Crippen LogP contribution in [-0.4, -0.2) is 111 Å². The van der Waals surface area contributed by atoms with Crippen molar-refractivity contribution in [2.75, 3.05) is 51.4 Å². The molecule has 0 spiro atoms. The number of primary amides is 1. The molecule has 0 aromatic heterocycles. The highest BCUT2D eigenvalue weighted by atomic mass is 35.5. The summed E-state index contributed by atoms with van der Waals surface area (Å²) in [5.74, 6) is -1.56. The van der Waals surface area contributed by atoms with Gasteiger partial charge in [-0.2, -0.15) is 0 Å². The van der Waals surface area contributed by atoms with E-state index in [4.69, 9.17) is 36.3 Å². The van der Waals surface area contributed by atoms with Gasteiger partial charge >= 0.3 is 6.03 Å². The predicted molar refractivity (Wildman–Crippen MR) is 275 cm³/mol. The summed E-state index contributed by atoms with van der Waals surface area (Å²) in [4.78, 5) is 67.4. The number of nitrogens with one attached hydrogen (secondary N) is 3. The molecule has 9 rings (SSSR count). The molecule has 73 heavy (non-hydrogen) atoms. The summed E-state index contributed by atoms with van der Waals surface area (Å²) in [6.07, 6.45) is 10.0. The smallest absolute Gasteiger partial charge is 0.328 e. The van der Waals surface area contributed by atoms with Crippen molar-refractivity contribution in [3.63, 3.8) is 0 Å². The Bertz CT molecular complexity index is 2630. The molecule has 2 aliphatic carbocycles. The zero-order chi connectivity index (χ0) is 51.0. The highest BCUT2D eigenvalue weighted by Gasteiger charge is 2.34. The normalized spacial score (nSPS) is 23.1. The number of carbonyl (C=O) groups is 5. The molecular formula is C56H66ClFN6O9. The monoisotopic (exact) mass is 1020 g/mol. The quantitative estimate of drug-likeness (QED) is 0.0801. The first-order chi connectivity index (χ1) is 35.4. The van der Waals surface area contributed by atoms with E-state index in [0.29, 0.717) is 61.6 Å². The van der Waals surface area contributed by atoms with E-state index in [1.165, 1.54) is 24.1 Å². The molecular weight excluding hydrogens is 955 g/mol. The molecule has 3 aliphatic heterocycles. The molecule has 17 heteroatoms. The number of piperidine rings is 1. The maximum atomic E-state index is 16.4. The Morgan fingerprint density at radius 3 is 2.26 bits per heavy atom. The van der Waals surface area contributed by atoms with Gasteiger partial charge in [-0.25, -0.2) is 9.18 Å². The maximum absolute atomic E-state index is 16.4. The van der Waals surface area contributed by atoms with Crippen LogP contribution in [0.25, 0.3) is 11.1 Å². The molecule has 5 fully saturated rings. The summed E-state index contributed by atoms with van der Waals surface area (Å²) in [5.41, 5.74) is 9.02. The third kappa shape index (κ3) is 12.5. The summed E-state index contributed by atoms with van der Waals surface area (Å²) in [5, 5.41) is 9.79. The van der Waals surface area contributed by atoms with Gasteiger partial charge in [0.05, 0.1) is 36.7 Å². The molecule has 2 atom stereocenters. The Hall–Kier alpha value is -6.07. The van der Waals surface area contributed by atoms with Crippen molar-refractivity contribution < 1.29 is 47.3 Å². The van der Waals surface area contributed by atoms with Crippen LogP contribution in [0.3, 0.4) is 0 Å². The van der Waals surface area contributed by atoms with E-state index in [1.54, 1.807) is 24.3 Å². The third-order valence-corrected chi connectivity index (χ3v) is 15.6. The first-order valence-electron chi connectivity index (χ1n) is 25.9. The van der Waals surface area contributed by atoms with Crippen molar-refractivity contribution in [3.8, 4) is 22.6 Å². The minimum Gasteiger partial charge on any atom is -0.495 e. The number of carbonyl (C=O) groups excluding carboxylic acids is 5. The maximum Gasteiger partial charge on any atom is 0.328 e. The first-order valence-corrected chi connectivity index (χ1v) is 26.3. The van der Waals surface area contributed by atoms with E-state index in [0.717, 1.165) is 75.3 Å². The first kappa shape index (κ1) is 51.8. The number of hydrogen-bond donors (Lipinski definition) is 4. The van der Waals surface area contributed by atoms with Crippen molar-refractivity contribution in [1.29, 1.82) is 0 Å². The number of likely N-dealkylation sites (tertiary alicyclic amines) is 1. The van der Waals surface area contributed by atoms with Crippen molar-refractivity contribution >= 4 is 46.9 Å². The highest BCUT2D eigenvalue weighted by Crippen LogP contribution is 2.40. The molecule has 6 amide bonds. The Balaban J connectivity index is 0.734. The molecule has 4 aromatic rings. The highest BCUT2D eigenvalue weighted by molar-refractivity contribution is 6.33. The van der Waals surface area contributed by atoms with Gasteiger partial charge in [0.15, 0.2) is 11.6 Å². The van der Waals surface area contributed by atoms with Crippen LogP contribution in [0.5, 0.6) is 11.5 Å². The van der Waals surface area contributed by atoms with Gasteiger partial charge in [0.25, 0.3) is 5.91 Å². The predicted octanol–water partition coefficient (Wildman–Crippen LogP) is 8.29. The van der Waals surface area contributed by atoms with Crippen LogP contribution < -0.4 is 36.1 Å². The zero-order valence-corrected chi connectivity index (χ0v) is 42.1. The Morgan fingerprint density at radius 2 is 1.56 bits per heavy atom. The topological polar surface area (TPSA) is 191 Å². The van der Waals surface area contributed by atoms with Crippen LogP contribution in [0.1, 0.15) is 121 Å². The van der Waals surface area contributed by atoms with Crippen molar-refractivity contribution in [2.24, 2.45) is 11.7 Å². The number of hydrogen-bond acceptors (Lipinski definition) is 10. The van der Waals surface area contributed by atoms with E-state index in [1.807, 2.05) is 35.2 Å². The molecule has 1 unspecified atom stereocenters. The van der Waals surface area contributed by atoms with Gasteiger partial charge in [-0.1, -0.05) is 48.0 Å². The lowest BCUT2D eigenvalue weighted by atomic mass is 9.85. The number of rotatable bonds is 17. The second kappa shape index (κ2) is 23.9. The summed E-state index contributed by atoms with van der Waals surface area (Å²) in [6, 6.07) is 23.4. The number of urea groups is 1. The molecule has 3 saturated heterocycles. The van der Waals surface area contributed by atoms with Crippen molar-refractivity contribution in [1.82, 2.24) is 20.9 Å². The van der Waals surface area contributed by atoms with E-state index in [9.17, 15) is 24.0 Å². The van der Waals surface area contributed by atoms with Crippen molar-refractivity contribution in [3.05, 3.63) is 112 Å². The molecule has 388 valence electrons. The number of halogens is 2. The average Bonchev–Trinajstić information content (AvgIpc) is 3.93. The van der Waals surface area contributed by atoms with Gasteiger partial charge < -0.3 is 40.2 Å². The van der Waals surface area contributed by atoms with Gasteiger partial charge in [0, 0.05) is 84.8 Å². The number of amides is 6. The average molecular weight is 1020 g/mol. The van der Waals surface area contributed by atoms with E-state index in [2.05, 4.69) is 28.1 Å². The lowest BCUT2D eigenvalue weighted by Crippen LogP contribution is -2.49. The minimum absolute atomic E-state index is 0.00106. The van der Waals surface area contributed by atoms with Gasteiger partial charge in [0.1, 0.15) is 12.4 Å². The fraction of sp³-hybridized carbons (Fsp3) is 0.482. The van der Waals surface area contributed by atoms with Crippen LogP contribution in [0.2, 0.25) is 5.02 Å². The van der Waals surface area contributed by atoms with E-state index >= 15 is 4.39 Å². The van der Waals surface area contributed by atoms with Crippen molar-refractivity contribution in [2.45, 2.75) is 120 Å². The SMILES string of the molecule is COc1ccc(C(=O)N2CCC(OC3CCC(C(=O)NC4CCC(NCC(c5ccccc5)c5ccc(Cl)c(-c6c(C(N)=O)ccc(OC[C@@H]7CCCO7)c6F)c5)CC4)CC3)CC2)cc1N1CCC(=O)NC1=O. The third-order valence-electron chi connectivity index (χ3n) is 15.3. The molecule has 0 bridgehead atoms. The van der Waals surface area contributed by atoms with E-state index in [-0.39, 0.29) is 101 Å². The second-order valence-corrected chi connectivity index (χ2v) is 20.4. The second-order valence-electron chi connectivity index (χ2n) is 20.0. The minimum atomic E-state index is -0.773. The molecule has 3 heterocycles. The summed E-state index contributed by atoms with van der Waals surface area (Å²) < 4.78 is 40.0. The number of nitrogens with two attached hydrogens (primary N) is 1. The van der Waals surface area contributed by atoms with Crippen LogP contribution >= 0.6 is 11.6 Å². The van der Waals surface area contributed by atoms with Gasteiger partial charge in [0.2, 0.25) is 17.7 Å². The molecule has 0 radical (unpaired) electrons. The van der Waals surface area contributed by atoms with Gasteiger partial charge in [-0.15, -0.1) is 0 Å². The van der Waals surface area contributed by atoms with E-state index < -0.39 is 17.8 Å². The summed E-state index contributed by atoms with van der Waals surface area (Å²) in [6.45, 7) is 2.72. The molecule has 2 saturated carbocycles. The van der Waals surface area contributed by atoms with Crippen LogP contribution in [0, 0.1) is 11.7 Å². The number of anilines is 1.